The molecule has 2 heterocycles. The van der Waals surface area contributed by atoms with Crippen LogP contribution in [0.4, 0.5) is 0 Å². The van der Waals surface area contributed by atoms with E-state index in [2.05, 4.69) is 28.4 Å². The molecule has 0 radical (unpaired) electrons. The molecule has 0 spiro atoms. The van der Waals surface area contributed by atoms with Gasteiger partial charge in [0.2, 0.25) is 0 Å². The van der Waals surface area contributed by atoms with Gasteiger partial charge < -0.3 is 0 Å². The highest BCUT2D eigenvalue weighted by Crippen LogP contribution is 2.66. The van der Waals surface area contributed by atoms with Gasteiger partial charge in [-0.3, -0.25) is 4.90 Å². The van der Waals surface area contributed by atoms with Gasteiger partial charge in [0.15, 0.2) is 0 Å². The highest BCUT2D eigenvalue weighted by molar-refractivity contribution is 8.02. The summed E-state index contributed by atoms with van der Waals surface area (Å²) in [6.45, 7) is 0. The molecule has 356 valence electrons. The average Bonchev–Trinajstić information content (AvgIpc) is 3.94. The van der Waals surface area contributed by atoms with E-state index in [-0.39, 0.29) is 0 Å². The van der Waals surface area contributed by atoms with Crippen molar-refractivity contribution in [2.45, 2.75) is 290 Å². The minimum absolute atomic E-state index is 0.913. The lowest BCUT2D eigenvalue weighted by Crippen LogP contribution is -2.54. The molecule has 2 saturated heterocycles. The predicted octanol–water partition coefficient (Wildman–Crippen LogP) is 17.3. The lowest BCUT2D eigenvalue weighted by atomic mass is 9.62. The van der Waals surface area contributed by atoms with E-state index < -0.39 is 0 Å². The first-order chi connectivity index (χ1) is 31.2. The zero-order valence-corrected chi connectivity index (χ0v) is 42.6. The Bertz CT molecular complexity index is 1360. The van der Waals surface area contributed by atoms with Crippen LogP contribution in [-0.4, -0.2) is 44.0 Å². The molecule has 1 nitrogen and oxygen atoms in total. The second-order valence-corrected chi connectivity index (χ2v) is 29.5. The molecule has 12 aliphatic rings. The molecule has 0 aromatic heterocycles. The van der Waals surface area contributed by atoms with E-state index in [4.69, 9.17) is 0 Å². The third-order valence-corrected chi connectivity index (χ3v) is 27.9. The van der Waals surface area contributed by atoms with Crippen molar-refractivity contribution in [3.63, 3.8) is 0 Å². The van der Waals surface area contributed by atoms with Gasteiger partial charge in [0.05, 0.1) is 0 Å². The summed E-state index contributed by atoms with van der Waals surface area (Å²) < 4.78 is 0. The van der Waals surface area contributed by atoms with Gasteiger partial charge in [-0.2, -0.15) is 23.5 Å². The van der Waals surface area contributed by atoms with Gasteiger partial charge in [-0.25, -0.2) is 0 Å². The van der Waals surface area contributed by atoms with Crippen LogP contribution in [0, 0.1) is 82.9 Å². The number of rotatable bonds is 8. The molecule has 63 heavy (non-hydrogen) atoms. The Balaban J connectivity index is 0.711. The number of fused-ring (bicyclic) bond motifs is 7. The SMILES string of the molecule is C1CCC(C2CCC(C3CCC(N(C4CCC(C5CCC(C6CCCCC6)CC5)CC4)C4CCCC(C5CCCC6C7CCC8SC9CCCCC9C8C7SC56)C4)CC3)CC2)CC1. The van der Waals surface area contributed by atoms with Crippen LogP contribution in [0.2, 0.25) is 0 Å². The molecule has 0 amide bonds. The summed E-state index contributed by atoms with van der Waals surface area (Å²) >= 11 is 5.22. The Labute approximate surface area is 398 Å². The number of hydrogen-bond acceptors (Lipinski definition) is 3. The molecule has 0 aromatic rings. The van der Waals surface area contributed by atoms with Gasteiger partial charge in [0, 0.05) is 39.1 Å². The maximum atomic E-state index is 3.45. The molecule has 11 unspecified atom stereocenters. The smallest absolute Gasteiger partial charge is 0.0123 e. The van der Waals surface area contributed by atoms with Crippen molar-refractivity contribution in [1.82, 2.24) is 4.90 Å². The molecular formula is C60H99NS2. The Morgan fingerprint density at radius 3 is 1.24 bits per heavy atom. The van der Waals surface area contributed by atoms with Crippen LogP contribution in [0.5, 0.6) is 0 Å². The third kappa shape index (κ3) is 9.39. The molecule has 2 aliphatic heterocycles. The second kappa shape index (κ2) is 20.6. The van der Waals surface area contributed by atoms with Gasteiger partial charge in [0.25, 0.3) is 0 Å². The monoisotopic (exact) mass is 898 g/mol. The Kier molecular flexibility index (Phi) is 14.6. The molecular weight excluding hydrogens is 799 g/mol. The normalized spacial score (nSPS) is 50.3. The summed E-state index contributed by atoms with van der Waals surface area (Å²) in [4.78, 5) is 3.45. The van der Waals surface area contributed by atoms with Crippen LogP contribution in [0.1, 0.15) is 250 Å². The summed E-state index contributed by atoms with van der Waals surface area (Å²) in [6, 6.07) is 2.75. The summed E-state index contributed by atoms with van der Waals surface area (Å²) in [6.07, 6.45) is 61.4. The fraction of sp³-hybridized carbons (Fsp3) is 1.00. The summed E-state index contributed by atoms with van der Waals surface area (Å²) in [7, 11) is 0. The maximum absolute atomic E-state index is 3.45. The van der Waals surface area contributed by atoms with E-state index >= 15 is 0 Å². The first-order valence-electron chi connectivity index (χ1n) is 30.3. The average molecular weight is 899 g/mol. The molecule has 10 saturated carbocycles. The van der Waals surface area contributed by atoms with Crippen molar-refractivity contribution in [3.05, 3.63) is 0 Å². The molecule has 3 heteroatoms. The van der Waals surface area contributed by atoms with Crippen molar-refractivity contribution in [3.8, 4) is 0 Å². The van der Waals surface area contributed by atoms with Gasteiger partial charge >= 0.3 is 0 Å². The minimum atomic E-state index is 0.913. The molecule has 10 aliphatic carbocycles. The maximum Gasteiger partial charge on any atom is 0.0123 e. The van der Waals surface area contributed by atoms with Crippen molar-refractivity contribution >= 4 is 23.5 Å². The molecule has 11 atom stereocenters. The van der Waals surface area contributed by atoms with E-state index in [1.165, 1.54) is 19.3 Å². The third-order valence-electron chi connectivity index (χ3n) is 24.0. The highest BCUT2D eigenvalue weighted by atomic mass is 32.2. The van der Waals surface area contributed by atoms with E-state index in [0.717, 1.165) is 122 Å². The van der Waals surface area contributed by atoms with E-state index in [1.807, 2.05) is 0 Å². The zero-order chi connectivity index (χ0) is 41.7. The topological polar surface area (TPSA) is 3.24 Å². The lowest BCUT2D eigenvalue weighted by molar-refractivity contribution is -0.0188. The largest absolute Gasteiger partial charge is 0.294 e. The van der Waals surface area contributed by atoms with Gasteiger partial charge in [-0.05, 0) is 237 Å². The van der Waals surface area contributed by atoms with Gasteiger partial charge in [-0.15, -0.1) is 0 Å². The minimum Gasteiger partial charge on any atom is -0.294 e. The number of hydrogen-bond donors (Lipinski definition) is 0. The van der Waals surface area contributed by atoms with Crippen molar-refractivity contribution in [1.29, 1.82) is 0 Å². The molecule has 0 N–H and O–H groups in total. The number of thioether (sulfide) groups is 2. The predicted molar refractivity (Wildman–Crippen MR) is 272 cm³/mol. The van der Waals surface area contributed by atoms with Gasteiger partial charge in [-0.1, -0.05) is 96.3 Å². The van der Waals surface area contributed by atoms with E-state index in [9.17, 15) is 0 Å². The molecule has 12 rings (SSSR count). The zero-order valence-electron chi connectivity index (χ0n) is 41.0. The standard InChI is InChI=1S/C60H99NS2/c1-3-11-40(12-4-1)42-21-25-44(26-22-42)46-29-33-49(34-30-46)61(50-35-31-47(32-36-50)45-27-23-43(24-28-45)41-13-5-2-6-14-41)51-16-9-15-48(39-51)52-18-10-19-53-54-37-38-57-58(60(54)63-59(52)53)55-17-7-8-20-56(55)62-57/h40-60H,1-39H2. The van der Waals surface area contributed by atoms with Crippen molar-refractivity contribution < 1.29 is 0 Å². The fourth-order valence-corrected chi connectivity index (χ4v) is 25.7. The van der Waals surface area contributed by atoms with E-state index in [1.54, 1.807) is 231 Å². The first kappa shape index (κ1) is 44.8. The Morgan fingerprint density at radius 2 is 0.667 bits per heavy atom. The molecule has 12 fully saturated rings. The quantitative estimate of drug-likeness (QED) is 0.239. The van der Waals surface area contributed by atoms with Crippen LogP contribution >= 0.6 is 23.5 Å². The van der Waals surface area contributed by atoms with E-state index in [0.29, 0.717) is 0 Å². The summed E-state index contributed by atoms with van der Waals surface area (Å²) in [5, 5.41) is 4.16. The first-order valence-corrected chi connectivity index (χ1v) is 32.2. The van der Waals surface area contributed by atoms with Crippen LogP contribution in [-0.2, 0) is 0 Å². The second-order valence-electron chi connectivity index (χ2n) is 26.6. The van der Waals surface area contributed by atoms with Crippen molar-refractivity contribution in [2.75, 3.05) is 0 Å². The van der Waals surface area contributed by atoms with Crippen LogP contribution in [0.3, 0.4) is 0 Å². The van der Waals surface area contributed by atoms with Crippen LogP contribution < -0.4 is 0 Å². The van der Waals surface area contributed by atoms with Gasteiger partial charge in [0.1, 0.15) is 0 Å². The fourth-order valence-electron chi connectivity index (χ4n) is 21.0. The van der Waals surface area contributed by atoms with Crippen LogP contribution in [0.15, 0.2) is 0 Å². The highest BCUT2D eigenvalue weighted by Gasteiger charge is 2.59. The Hall–Kier alpha value is 0.660. The van der Waals surface area contributed by atoms with Crippen molar-refractivity contribution in [2.24, 2.45) is 82.9 Å². The lowest BCUT2D eigenvalue weighted by Gasteiger charge is -2.52. The Morgan fingerprint density at radius 1 is 0.238 bits per heavy atom. The summed E-state index contributed by atoms with van der Waals surface area (Å²) in [5.74, 6) is 15.2. The van der Waals surface area contributed by atoms with Crippen LogP contribution in [0.25, 0.3) is 0 Å². The number of nitrogens with zero attached hydrogens (tertiary/aromatic N) is 1. The molecule has 0 aromatic carbocycles. The molecule has 0 bridgehead atoms. The summed E-state index contributed by atoms with van der Waals surface area (Å²) in [5.41, 5.74) is 0.